The van der Waals surface area contributed by atoms with E-state index in [0.29, 0.717) is 0 Å². The van der Waals surface area contributed by atoms with Crippen LogP contribution >= 0.6 is 0 Å². The van der Waals surface area contributed by atoms with Crippen LogP contribution in [0.4, 0.5) is 5.69 Å². The van der Waals surface area contributed by atoms with Crippen LogP contribution in [0.3, 0.4) is 0 Å². The summed E-state index contributed by atoms with van der Waals surface area (Å²) in [6.07, 6.45) is 3.83. The van der Waals surface area contributed by atoms with Crippen molar-refractivity contribution in [3.05, 3.63) is 60.0 Å². The van der Waals surface area contributed by atoms with Crippen LogP contribution in [0.5, 0.6) is 0 Å². The SMILES string of the molecule is CCN(CCNC(=NC)NCCCc1nnc2ccccn12)c1cccc(C)c1. The van der Waals surface area contributed by atoms with Crippen molar-refractivity contribution in [2.24, 2.45) is 4.99 Å². The number of benzene rings is 1. The Labute approximate surface area is 172 Å². The highest BCUT2D eigenvalue weighted by molar-refractivity contribution is 5.79. The predicted octanol–water partition coefficient (Wildman–Crippen LogP) is 2.66. The summed E-state index contributed by atoms with van der Waals surface area (Å²) in [6, 6.07) is 14.6. The normalized spacial score (nSPS) is 11.6. The third-order valence-electron chi connectivity index (χ3n) is 4.90. The number of nitrogens with one attached hydrogen (secondary N) is 2. The number of hydrogen-bond acceptors (Lipinski definition) is 4. The van der Waals surface area contributed by atoms with Gasteiger partial charge < -0.3 is 15.5 Å². The molecule has 2 heterocycles. The van der Waals surface area contributed by atoms with Crippen molar-refractivity contribution in [1.82, 2.24) is 25.2 Å². The number of aryl methyl sites for hydroxylation is 2. The molecule has 1 aromatic carbocycles. The quantitative estimate of drug-likeness (QED) is 0.332. The Morgan fingerprint density at radius 2 is 1.97 bits per heavy atom. The molecule has 29 heavy (non-hydrogen) atoms. The molecule has 0 radical (unpaired) electrons. The zero-order chi connectivity index (χ0) is 20.5. The fourth-order valence-electron chi connectivity index (χ4n) is 3.34. The first-order valence-corrected chi connectivity index (χ1v) is 10.3. The van der Waals surface area contributed by atoms with Crippen LogP contribution in [0.15, 0.2) is 53.7 Å². The molecule has 0 aliphatic carbocycles. The van der Waals surface area contributed by atoms with Crippen molar-refractivity contribution in [3.8, 4) is 0 Å². The van der Waals surface area contributed by atoms with Gasteiger partial charge in [0.1, 0.15) is 5.82 Å². The molecule has 0 bridgehead atoms. The number of pyridine rings is 1. The first kappa shape index (κ1) is 20.6. The Bertz CT molecular complexity index is 932. The van der Waals surface area contributed by atoms with Gasteiger partial charge >= 0.3 is 0 Å². The van der Waals surface area contributed by atoms with Gasteiger partial charge in [-0.1, -0.05) is 18.2 Å². The van der Waals surface area contributed by atoms with Crippen molar-refractivity contribution in [2.75, 3.05) is 38.1 Å². The number of fused-ring (bicyclic) bond motifs is 1. The van der Waals surface area contributed by atoms with Crippen LogP contribution < -0.4 is 15.5 Å². The van der Waals surface area contributed by atoms with Gasteiger partial charge in [-0.2, -0.15) is 0 Å². The summed E-state index contributed by atoms with van der Waals surface area (Å²) in [5.74, 6) is 1.82. The minimum atomic E-state index is 0.830. The molecule has 3 aromatic rings. The van der Waals surface area contributed by atoms with Crippen molar-refractivity contribution in [1.29, 1.82) is 0 Å². The molecular formula is C22H31N7. The number of nitrogens with zero attached hydrogens (tertiary/aromatic N) is 5. The third-order valence-corrected chi connectivity index (χ3v) is 4.90. The fraction of sp³-hybridized carbons (Fsp3) is 0.409. The standard InChI is InChI=1S/C22H31N7/c1-4-28(19-10-7-9-18(2)17-19)16-14-25-22(23-3)24-13-8-12-21-27-26-20-11-5-6-15-29(20)21/h5-7,9-11,15,17H,4,8,12-14,16H2,1-3H3,(H2,23,24,25). The summed E-state index contributed by atoms with van der Waals surface area (Å²) in [4.78, 5) is 6.69. The molecule has 0 fully saturated rings. The number of hydrogen-bond donors (Lipinski definition) is 2. The average Bonchev–Trinajstić information content (AvgIpc) is 3.16. The van der Waals surface area contributed by atoms with E-state index in [9.17, 15) is 0 Å². The summed E-state index contributed by atoms with van der Waals surface area (Å²) in [7, 11) is 1.81. The summed E-state index contributed by atoms with van der Waals surface area (Å²) in [5.41, 5.74) is 3.44. The van der Waals surface area contributed by atoms with Gasteiger partial charge in [0.05, 0.1) is 0 Å². The Kier molecular flexibility index (Phi) is 7.44. The molecule has 0 spiro atoms. The lowest BCUT2D eigenvalue weighted by Gasteiger charge is -2.24. The molecule has 0 saturated carbocycles. The molecule has 7 heteroatoms. The topological polar surface area (TPSA) is 69.8 Å². The molecule has 7 nitrogen and oxygen atoms in total. The maximum Gasteiger partial charge on any atom is 0.191 e. The van der Waals surface area contributed by atoms with Gasteiger partial charge in [-0.05, 0) is 50.1 Å². The molecule has 0 amide bonds. The highest BCUT2D eigenvalue weighted by Gasteiger charge is 2.06. The number of guanidine groups is 1. The maximum absolute atomic E-state index is 4.32. The Morgan fingerprint density at radius 3 is 2.76 bits per heavy atom. The second-order valence-electron chi connectivity index (χ2n) is 6.99. The van der Waals surface area contributed by atoms with Gasteiger partial charge in [0.15, 0.2) is 11.6 Å². The molecule has 3 rings (SSSR count). The second-order valence-corrected chi connectivity index (χ2v) is 6.99. The smallest absolute Gasteiger partial charge is 0.191 e. The van der Waals surface area contributed by atoms with E-state index in [1.165, 1.54) is 11.3 Å². The van der Waals surface area contributed by atoms with Crippen molar-refractivity contribution < 1.29 is 0 Å². The number of aromatic nitrogens is 3. The number of aliphatic imine (C=N–C) groups is 1. The summed E-state index contributed by atoms with van der Waals surface area (Å²) < 4.78 is 2.04. The summed E-state index contributed by atoms with van der Waals surface area (Å²) in [5, 5.41) is 15.3. The minimum absolute atomic E-state index is 0.830. The van der Waals surface area contributed by atoms with E-state index in [1.54, 1.807) is 7.05 Å². The van der Waals surface area contributed by atoms with Crippen LogP contribution in [0.2, 0.25) is 0 Å². The van der Waals surface area contributed by atoms with Gasteiger partial charge in [0.2, 0.25) is 0 Å². The molecule has 0 saturated heterocycles. The number of likely N-dealkylation sites (N-methyl/N-ethyl adjacent to an activating group) is 1. The van der Waals surface area contributed by atoms with E-state index < -0.39 is 0 Å². The van der Waals surface area contributed by atoms with E-state index in [0.717, 1.165) is 56.5 Å². The van der Waals surface area contributed by atoms with E-state index in [-0.39, 0.29) is 0 Å². The largest absolute Gasteiger partial charge is 0.370 e. The first-order valence-electron chi connectivity index (χ1n) is 10.3. The molecule has 2 N–H and O–H groups in total. The fourth-order valence-corrected chi connectivity index (χ4v) is 3.34. The number of rotatable bonds is 9. The highest BCUT2D eigenvalue weighted by Crippen LogP contribution is 2.14. The lowest BCUT2D eigenvalue weighted by Crippen LogP contribution is -2.42. The van der Waals surface area contributed by atoms with Gasteiger partial charge in [-0.25, -0.2) is 0 Å². The molecular weight excluding hydrogens is 362 g/mol. The van der Waals surface area contributed by atoms with Crippen molar-refractivity contribution in [3.63, 3.8) is 0 Å². The van der Waals surface area contributed by atoms with E-state index in [4.69, 9.17) is 0 Å². The lowest BCUT2D eigenvalue weighted by atomic mass is 10.2. The molecule has 0 aliphatic heterocycles. The van der Waals surface area contributed by atoms with Gasteiger partial charge in [0.25, 0.3) is 0 Å². The Hall–Kier alpha value is -3.09. The monoisotopic (exact) mass is 393 g/mol. The summed E-state index contributed by atoms with van der Waals surface area (Å²) >= 11 is 0. The van der Waals surface area contributed by atoms with E-state index in [1.807, 2.05) is 28.8 Å². The lowest BCUT2D eigenvalue weighted by molar-refractivity contribution is 0.706. The van der Waals surface area contributed by atoms with Crippen molar-refractivity contribution in [2.45, 2.75) is 26.7 Å². The van der Waals surface area contributed by atoms with Crippen LogP contribution in [0.1, 0.15) is 24.7 Å². The third kappa shape index (κ3) is 5.70. The molecule has 0 unspecified atom stereocenters. The van der Waals surface area contributed by atoms with Crippen LogP contribution in [-0.2, 0) is 6.42 Å². The highest BCUT2D eigenvalue weighted by atomic mass is 15.2. The minimum Gasteiger partial charge on any atom is -0.370 e. The van der Waals surface area contributed by atoms with E-state index in [2.05, 4.69) is 68.8 Å². The van der Waals surface area contributed by atoms with Crippen LogP contribution in [0.25, 0.3) is 5.65 Å². The molecule has 2 aromatic heterocycles. The maximum atomic E-state index is 4.32. The first-order chi connectivity index (χ1) is 14.2. The Balaban J connectivity index is 1.40. The molecule has 0 atom stereocenters. The summed E-state index contributed by atoms with van der Waals surface area (Å²) in [6.45, 7) is 7.87. The Morgan fingerprint density at radius 1 is 1.10 bits per heavy atom. The van der Waals surface area contributed by atoms with Crippen LogP contribution in [0, 0.1) is 6.92 Å². The predicted molar refractivity (Wildman–Crippen MR) is 120 cm³/mol. The zero-order valence-corrected chi connectivity index (χ0v) is 17.6. The van der Waals surface area contributed by atoms with Gasteiger partial charge in [-0.3, -0.25) is 9.39 Å². The van der Waals surface area contributed by atoms with Gasteiger partial charge in [0, 0.05) is 51.5 Å². The van der Waals surface area contributed by atoms with Crippen molar-refractivity contribution >= 4 is 17.3 Å². The van der Waals surface area contributed by atoms with Crippen LogP contribution in [-0.4, -0.2) is 53.8 Å². The molecule has 0 aliphatic rings. The molecule has 154 valence electrons. The zero-order valence-electron chi connectivity index (χ0n) is 17.6. The average molecular weight is 394 g/mol. The number of anilines is 1. The van der Waals surface area contributed by atoms with Gasteiger partial charge in [-0.15, -0.1) is 10.2 Å². The second kappa shape index (κ2) is 10.5. The van der Waals surface area contributed by atoms with E-state index >= 15 is 0 Å².